The fraction of sp³-hybridized carbons (Fsp3) is 0.636. The first-order valence-electron chi connectivity index (χ1n) is 5.27. The molecule has 0 unspecified atom stereocenters. The number of hydrogen-bond donors (Lipinski definition) is 1. The molecule has 0 bridgehead atoms. The molecule has 0 amide bonds. The second-order valence-corrected chi connectivity index (χ2v) is 4.54. The maximum atomic E-state index is 5.15. The molecule has 0 spiro atoms. The van der Waals surface area contributed by atoms with Crippen molar-refractivity contribution in [3.8, 4) is 5.75 Å². The molecule has 0 radical (unpaired) electrons. The van der Waals surface area contributed by atoms with Crippen molar-refractivity contribution in [1.82, 2.24) is 10.2 Å². The summed E-state index contributed by atoms with van der Waals surface area (Å²) in [5.41, 5.74) is 0. The van der Waals surface area contributed by atoms with Gasteiger partial charge in [0.2, 0.25) is 0 Å². The van der Waals surface area contributed by atoms with Crippen LogP contribution in [0.25, 0.3) is 0 Å². The van der Waals surface area contributed by atoms with Gasteiger partial charge >= 0.3 is 0 Å². The summed E-state index contributed by atoms with van der Waals surface area (Å²) in [5.74, 6) is 0.968. The normalized spacial score (nSPS) is 10.9. The summed E-state index contributed by atoms with van der Waals surface area (Å²) in [5, 5.41) is 5.37. The predicted molar refractivity (Wildman–Crippen MR) is 65.7 cm³/mol. The third kappa shape index (κ3) is 4.64. The Morgan fingerprint density at radius 2 is 2.33 bits per heavy atom. The summed E-state index contributed by atoms with van der Waals surface area (Å²) in [6.07, 6.45) is 0. The molecule has 1 N–H and O–H groups in total. The predicted octanol–water partition coefficient (Wildman–Crippen LogP) is 1.80. The molecule has 0 aliphatic carbocycles. The maximum absolute atomic E-state index is 5.15. The van der Waals surface area contributed by atoms with Gasteiger partial charge in [0.25, 0.3) is 0 Å². The number of ether oxygens (including phenoxy) is 1. The highest BCUT2D eigenvalue weighted by Crippen LogP contribution is 2.21. The third-order valence-corrected chi connectivity index (χ3v) is 3.11. The molecule has 3 nitrogen and oxygen atoms in total. The maximum Gasteiger partial charge on any atom is 0.129 e. The van der Waals surface area contributed by atoms with Crippen LogP contribution in [0.4, 0.5) is 0 Å². The van der Waals surface area contributed by atoms with Crippen LogP contribution < -0.4 is 10.1 Å². The topological polar surface area (TPSA) is 24.5 Å². The number of nitrogens with zero attached hydrogens (tertiary/aromatic N) is 1. The Bertz CT molecular complexity index is 275. The molecule has 1 aromatic heterocycles. The Hall–Kier alpha value is -0.580. The zero-order chi connectivity index (χ0) is 11.1. The van der Waals surface area contributed by atoms with Gasteiger partial charge in [0.1, 0.15) is 5.75 Å². The quantitative estimate of drug-likeness (QED) is 0.720. The van der Waals surface area contributed by atoms with Crippen molar-refractivity contribution < 1.29 is 4.74 Å². The molecule has 86 valence electrons. The van der Waals surface area contributed by atoms with Crippen molar-refractivity contribution in [3.63, 3.8) is 0 Å². The van der Waals surface area contributed by atoms with Crippen LogP contribution in [-0.4, -0.2) is 38.7 Å². The Labute approximate surface area is 96.0 Å². The average Bonchev–Trinajstić information content (AvgIpc) is 2.66. The number of methoxy groups -OCH3 is 1. The second kappa shape index (κ2) is 6.82. The standard InChI is InChI=1S/C11H20N2OS/c1-4-12-5-6-13(2)8-11-7-10(14-3)9-15-11/h7,9,12H,4-6,8H2,1-3H3. The summed E-state index contributed by atoms with van der Waals surface area (Å²) >= 11 is 1.75. The molecule has 1 aromatic rings. The van der Waals surface area contributed by atoms with Crippen molar-refractivity contribution in [2.75, 3.05) is 33.8 Å². The van der Waals surface area contributed by atoms with Crippen molar-refractivity contribution in [3.05, 3.63) is 16.3 Å². The van der Waals surface area contributed by atoms with E-state index in [0.29, 0.717) is 0 Å². The smallest absolute Gasteiger partial charge is 0.129 e. The molecule has 0 aliphatic rings. The van der Waals surface area contributed by atoms with E-state index in [1.54, 1.807) is 18.4 Å². The molecule has 4 heteroatoms. The lowest BCUT2D eigenvalue weighted by molar-refractivity contribution is 0.328. The van der Waals surface area contributed by atoms with Gasteiger partial charge in [0.05, 0.1) is 7.11 Å². The molecule has 15 heavy (non-hydrogen) atoms. The van der Waals surface area contributed by atoms with E-state index < -0.39 is 0 Å². The Kier molecular flexibility index (Phi) is 5.68. The highest BCUT2D eigenvalue weighted by atomic mass is 32.1. The van der Waals surface area contributed by atoms with Gasteiger partial charge in [-0.3, -0.25) is 0 Å². The summed E-state index contributed by atoms with van der Waals surface area (Å²) < 4.78 is 5.15. The van der Waals surface area contributed by atoms with Gasteiger partial charge in [-0.05, 0) is 19.7 Å². The molecular formula is C11H20N2OS. The van der Waals surface area contributed by atoms with E-state index in [2.05, 4.69) is 30.3 Å². The number of likely N-dealkylation sites (N-methyl/N-ethyl adjacent to an activating group) is 2. The van der Waals surface area contributed by atoms with Gasteiger partial charge in [0.15, 0.2) is 0 Å². The van der Waals surface area contributed by atoms with Gasteiger partial charge in [-0.1, -0.05) is 6.92 Å². The first-order chi connectivity index (χ1) is 7.26. The van der Waals surface area contributed by atoms with Crippen LogP contribution in [0.3, 0.4) is 0 Å². The van der Waals surface area contributed by atoms with Crippen LogP contribution in [0.1, 0.15) is 11.8 Å². The molecule has 0 aliphatic heterocycles. The summed E-state index contributed by atoms with van der Waals surface area (Å²) in [6, 6.07) is 2.11. The Morgan fingerprint density at radius 1 is 1.53 bits per heavy atom. The van der Waals surface area contributed by atoms with E-state index in [0.717, 1.165) is 31.9 Å². The molecule has 0 atom stereocenters. The molecule has 0 fully saturated rings. The van der Waals surface area contributed by atoms with Gasteiger partial charge in [-0.25, -0.2) is 0 Å². The van der Waals surface area contributed by atoms with Crippen LogP contribution in [0.15, 0.2) is 11.4 Å². The first-order valence-corrected chi connectivity index (χ1v) is 6.15. The SMILES string of the molecule is CCNCCN(C)Cc1cc(OC)cs1. The van der Waals surface area contributed by atoms with Crippen molar-refractivity contribution >= 4 is 11.3 Å². The highest BCUT2D eigenvalue weighted by Gasteiger charge is 2.03. The molecule has 1 rings (SSSR count). The monoisotopic (exact) mass is 228 g/mol. The lowest BCUT2D eigenvalue weighted by atomic mass is 10.4. The van der Waals surface area contributed by atoms with Crippen molar-refractivity contribution in [2.45, 2.75) is 13.5 Å². The molecule has 0 saturated carbocycles. The lowest BCUT2D eigenvalue weighted by Gasteiger charge is -2.15. The lowest BCUT2D eigenvalue weighted by Crippen LogP contribution is -2.28. The fourth-order valence-electron chi connectivity index (χ4n) is 1.34. The van der Waals surface area contributed by atoms with Gasteiger partial charge < -0.3 is 15.0 Å². The molecule has 0 aromatic carbocycles. The Balaban J connectivity index is 2.27. The minimum Gasteiger partial charge on any atom is -0.496 e. The van der Waals surface area contributed by atoms with E-state index in [-0.39, 0.29) is 0 Å². The van der Waals surface area contributed by atoms with Crippen LogP contribution in [-0.2, 0) is 6.54 Å². The molecule has 0 saturated heterocycles. The van der Waals surface area contributed by atoms with E-state index in [4.69, 9.17) is 4.74 Å². The highest BCUT2D eigenvalue weighted by molar-refractivity contribution is 7.10. The zero-order valence-corrected chi connectivity index (χ0v) is 10.6. The van der Waals surface area contributed by atoms with E-state index in [1.165, 1.54) is 4.88 Å². The van der Waals surface area contributed by atoms with E-state index in [1.807, 2.05) is 5.38 Å². The molecule has 1 heterocycles. The third-order valence-electron chi connectivity index (χ3n) is 2.21. The zero-order valence-electron chi connectivity index (χ0n) is 9.75. The number of hydrogen-bond acceptors (Lipinski definition) is 4. The second-order valence-electron chi connectivity index (χ2n) is 3.54. The summed E-state index contributed by atoms with van der Waals surface area (Å²) in [6.45, 7) is 6.30. The van der Waals surface area contributed by atoms with E-state index >= 15 is 0 Å². The van der Waals surface area contributed by atoms with Crippen molar-refractivity contribution in [2.24, 2.45) is 0 Å². The number of rotatable bonds is 7. The number of nitrogens with one attached hydrogen (secondary N) is 1. The van der Waals surface area contributed by atoms with Crippen LogP contribution in [0, 0.1) is 0 Å². The fourth-order valence-corrected chi connectivity index (χ4v) is 2.25. The van der Waals surface area contributed by atoms with Gasteiger partial charge in [0, 0.05) is 29.9 Å². The van der Waals surface area contributed by atoms with Crippen molar-refractivity contribution in [1.29, 1.82) is 0 Å². The van der Waals surface area contributed by atoms with Crippen LogP contribution in [0.5, 0.6) is 5.75 Å². The minimum absolute atomic E-state index is 0.968. The Morgan fingerprint density at radius 3 is 2.93 bits per heavy atom. The summed E-state index contributed by atoms with van der Waals surface area (Å²) in [4.78, 5) is 3.67. The van der Waals surface area contributed by atoms with E-state index in [9.17, 15) is 0 Å². The van der Waals surface area contributed by atoms with Crippen LogP contribution >= 0.6 is 11.3 Å². The average molecular weight is 228 g/mol. The largest absolute Gasteiger partial charge is 0.496 e. The first kappa shape index (κ1) is 12.5. The van der Waals surface area contributed by atoms with Gasteiger partial charge in [-0.2, -0.15) is 0 Å². The van der Waals surface area contributed by atoms with Crippen LogP contribution in [0.2, 0.25) is 0 Å². The minimum atomic E-state index is 0.968. The van der Waals surface area contributed by atoms with Gasteiger partial charge in [-0.15, -0.1) is 11.3 Å². The molecular weight excluding hydrogens is 208 g/mol. The number of thiophene rings is 1. The summed E-state index contributed by atoms with van der Waals surface area (Å²) in [7, 11) is 3.85.